The molecule has 0 bridgehead atoms. The zero-order chi connectivity index (χ0) is 11.0. The van der Waals surface area contributed by atoms with Gasteiger partial charge in [-0.25, -0.2) is 0 Å². The van der Waals surface area contributed by atoms with Crippen LogP contribution in [0.3, 0.4) is 0 Å². The Morgan fingerprint density at radius 3 is 2.50 bits per heavy atom. The molecule has 0 unspecified atom stereocenters. The van der Waals surface area contributed by atoms with Crippen LogP contribution >= 0.6 is 0 Å². The van der Waals surface area contributed by atoms with E-state index >= 15 is 0 Å². The molecule has 1 saturated heterocycles. The first-order valence-electron chi connectivity index (χ1n) is 6.57. The average Bonchev–Trinajstić information content (AvgIpc) is 2.91. The van der Waals surface area contributed by atoms with Crippen molar-refractivity contribution < 1.29 is 0 Å². The molecule has 1 spiro atoms. The Morgan fingerprint density at radius 2 is 1.81 bits per heavy atom. The maximum Gasteiger partial charge on any atom is 0.00320 e. The molecule has 2 aliphatic rings. The van der Waals surface area contributed by atoms with Crippen LogP contribution in [0.25, 0.3) is 0 Å². The summed E-state index contributed by atoms with van der Waals surface area (Å²) in [7, 11) is 0. The molecule has 1 aliphatic carbocycles. The summed E-state index contributed by atoms with van der Waals surface area (Å²) >= 11 is 0. The summed E-state index contributed by atoms with van der Waals surface area (Å²) in [4.78, 5) is 0. The molecule has 1 N–H and O–H groups in total. The highest BCUT2D eigenvalue weighted by Crippen LogP contribution is 2.50. The maximum absolute atomic E-state index is 3.62. The summed E-state index contributed by atoms with van der Waals surface area (Å²) in [6.45, 7) is 4.59. The molecular weight excluding hydrogens is 194 g/mol. The molecule has 1 nitrogen and oxygen atoms in total. The SMILES string of the molecule is Cc1ccc([C@@H]2CNCC23CCCC3)cc1. The summed E-state index contributed by atoms with van der Waals surface area (Å²) in [5.41, 5.74) is 3.52. The van der Waals surface area contributed by atoms with E-state index < -0.39 is 0 Å². The molecule has 1 aliphatic heterocycles. The van der Waals surface area contributed by atoms with Gasteiger partial charge in [0.25, 0.3) is 0 Å². The third-order valence-electron chi connectivity index (χ3n) is 4.64. The fourth-order valence-corrected chi connectivity index (χ4v) is 3.68. The van der Waals surface area contributed by atoms with Gasteiger partial charge in [0.15, 0.2) is 0 Å². The van der Waals surface area contributed by atoms with Crippen LogP contribution in [0.2, 0.25) is 0 Å². The summed E-state index contributed by atoms with van der Waals surface area (Å²) in [6, 6.07) is 9.20. The van der Waals surface area contributed by atoms with Gasteiger partial charge in [-0.05, 0) is 30.7 Å². The summed E-state index contributed by atoms with van der Waals surface area (Å²) < 4.78 is 0. The van der Waals surface area contributed by atoms with E-state index in [0.29, 0.717) is 5.41 Å². The average molecular weight is 215 g/mol. The molecule has 3 rings (SSSR count). The maximum atomic E-state index is 3.62. The molecule has 16 heavy (non-hydrogen) atoms. The van der Waals surface area contributed by atoms with E-state index in [1.807, 2.05) is 0 Å². The van der Waals surface area contributed by atoms with Crippen molar-refractivity contribution in [3.8, 4) is 0 Å². The normalized spacial score (nSPS) is 27.7. The van der Waals surface area contributed by atoms with Crippen molar-refractivity contribution in [2.75, 3.05) is 13.1 Å². The number of hydrogen-bond acceptors (Lipinski definition) is 1. The molecule has 1 atom stereocenters. The van der Waals surface area contributed by atoms with Gasteiger partial charge in [-0.1, -0.05) is 42.7 Å². The van der Waals surface area contributed by atoms with Crippen molar-refractivity contribution in [3.05, 3.63) is 35.4 Å². The van der Waals surface area contributed by atoms with Crippen LogP contribution in [-0.2, 0) is 0 Å². The molecule has 86 valence electrons. The third-order valence-corrected chi connectivity index (χ3v) is 4.64. The molecule has 1 heteroatoms. The van der Waals surface area contributed by atoms with Gasteiger partial charge >= 0.3 is 0 Å². The first kappa shape index (κ1) is 10.3. The Hall–Kier alpha value is -0.820. The molecule has 1 aromatic carbocycles. The van der Waals surface area contributed by atoms with Crippen LogP contribution in [0.4, 0.5) is 0 Å². The predicted octanol–water partition coefficient (Wildman–Crippen LogP) is 3.24. The molecule has 0 amide bonds. The quantitative estimate of drug-likeness (QED) is 0.758. The highest BCUT2D eigenvalue weighted by molar-refractivity contribution is 5.28. The molecule has 0 aromatic heterocycles. The minimum Gasteiger partial charge on any atom is -0.316 e. The van der Waals surface area contributed by atoms with Gasteiger partial charge in [0, 0.05) is 19.0 Å². The Balaban J connectivity index is 1.91. The van der Waals surface area contributed by atoms with Crippen molar-refractivity contribution in [2.24, 2.45) is 5.41 Å². The van der Waals surface area contributed by atoms with Gasteiger partial charge in [0.2, 0.25) is 0 Å². The van der Waals surface area contributed by atoms with Crippen molar-refractivity contribution in [1.29, 1.82) is 0 Å². The third kappa shape index (κ3) is 1.58. The van der Waals surface area contributed by atoms with Gasteiger partial charge in [-0.15, -0.1) is 0 Å². The Labute approximate surface area is 98.3 Å². The second kappa shape index (κ2) is 3.89. The van der Waals surface area contributed by atoms with E-state index in [1.54, 1.807) is 5.56 Å². The van der Waals surface area contributed by atoms with E-state index in [9.17, 15) is 0 Å². The van der Waals surface area contributed by atoms with Crippen molar-refractivity contribution in [2.45, 2.75) is 38.5 Å². The lowest BCUT2D eigenvalue weighted by molar-refractivity contribution is 0.295. The molecule has 0 radical (unpaired) electrons. The van der Waals surface area contributed by atoms with E-state index in [2.05, 4.69) is 36.5 Å². The van der Waals surface area contributed by atoms with E-state index in [1.165, 1.54) is 44.3 Å². The second-order valence-electron chi connectivity index (χ2n) is 5.66. The van der Waals surface area contributed by atoms with Crippen LogP contribution < -0.4 is 5.32 Å². The van der Waals surface area contributed by atoms with Crippen LogP contribution in [0.1, 0.15) is 42.7 Å². The Kier molecular flexibility index (Phi) is 2.51. The largest absolute Gasteiger partial charge is 0.316 e. The smallest absolute Gasteiger partial charge is 0.00320 e. The highest BCUT2D eigenvalue weighted by atomic mass is 14.9. The lowest BCUT2D eigenvalue weighted by atomic mass is 9.73. The molecule has 2 fully saturated rings. The van der Waals surface area contributed by atoms with Gasteiger partial charge in [-0.2, -0.15) is 0 Å². The van der Waals surface area contributed by atoms with E-state index in [-0.39, 0.29) is 0 Å². The van der Waals surface area contributed by atoms with Gasteiger partial charge < -0.3 is 5.32 Å². The minimum absolute atomic E-state index is 0.593. The number of rotatable bonds is 1. The minimum atomic E-state index is 0.593. The molecule has 1 saturated carbocycles. The Bertz CT molecular complexity index is 354. The topological polar surface area (TPSA) is 12.0 Å². The highest BCUT2D eigenvalue weighted by Gasteiger charge is 2.44. The standard InChI is InChI=1S/C15H21N/c1-12-4-6-13(7-5-12)14-10-16-11-15(14)8-2-3-9-15/h4-7,14,16H,2-3,8-11H2,1H3/t14-/m0/s1. The van der Waals surface area contributed by atoms with Gasteiger partial charge in [0.05, 0.1) is 0 Å². The monoisotopic (exact) mass is 215 g/mol. The lowest BCUT2D eigenvalue weighted by Crippen LogP contribution is -2.25. The van der Waals surface area contributed by atoms with E-state index in [4.69, 9.17) is 0 Å². The summed E-state index contributed by atoms with van der Waals surface area (Å²) in [5, 5.41) is 3.62. The van der Waals surface area contributed by atoms with Crippen molar-refractivity contribution >= 4 is 0 Å². The number of nitrogens with one attached hydrogen (secondary N) is 1. The Morgan fingerprint density at radius 1 is 1.12 bits per heavy atom. The predicted molar refractivity (Wildman–Crippen MR) is 67.7 cm³/mol. The van der Waals surface area contributed by atoms with Crippen LogP contribution in [0.15, 0.2) is 24.3 Å². The fourth-order valence-electron chi connectivity index (χ4n) is 3.68. The van der Waals surface area contributed by atoms with Crippen LogP contribution in [0, 0.1) is 12.3 Å². The zero-order valence-electron chi connectivity index (χ0n) is 10.1. The van der Waals surface area contributed by atoms with Crippen molar-refractivity contribution in [1.82, 2.24) is 5.32 Å². The number of hydrogen-bond donors (Lipinski definition) is 1. The van der Waals surface area contributed by atoms with Crippen LogP contribution in [0.5, 0.6) is 0 Å². The first-order chi connectivity index (χ1) is 7.80. The fraction of sp³-hybridized carbons (Fsp3) is 0.600. The number of benzene rings is 1. The van der Waals surface area contributed by atoms with E-state index in [0.717, 1.165) is 5.92 Å². The zero-order valence-corrected chi connectivity index (χ0v) is 10.1. The second-order valence-corrected chi connectivity index (χ2v) is 5.66. The summed E-state index contributed by atoms with van der Waals surface area (Å²) in [5.74, 6) is 0.760. The molecular formula is C15H21N. The van der Waals surface area contributed by atoms with Crippen molar-refractivity contribution in [3.63, 3.8) is 0 Å². The first-order valence-corrected chi connectivity index (χ1v) is 6.57. The summed E-state index contributed by atoms with van der Waals surface area (Å²) in [6.07, 6.45) is 5.73. The molecule has 1 heterocycles. The van der Waals surface area contributed by atoms with Gasteiger partial charge in [0.1, 0.15) is 0 Å². The van der Waals surface area contributed by atoms with Gasteiger partial charge in [-0.3, -0.25) is 0 Å². The lowest BCUT2D eigenvalue weighted by Gasteiger charge is -2.30. The molecule has 1 aromatic rings. The van der Waals surface area contributed by atoms with Crippen LogP contribution in [-0.4, -0.2) is 13.1 Å². The number of aryl methyl sites for hydroxylation is 1.